The maximum absolute atomic E-state index is 9.78. The van der Waals surface area contributed by atoms with Crippen LogP contribution in [0.4, 0.5) is 17.1 Å². The number of nitrogens with one attached hydrogen (secondary N) is 1. The fourth-order valence-electron chi connectivity index (χ4n) is 2.69. The predicted octanol–water partition coefficient (Wildman–Crippen LogP) is 3.83. The molecule has 0 bridgehead atoms. The SMILES string of the molecule is Oc1ccc(Nc2ccc(N3CCCCC3)cc2)c(O)c1. The molecule has 0 aromatic heterocycles. The highest BCUT2D eigenvalue weighted by Crippen LogP contribution is 2.30. The molecule has 110 valence electrons. The van der Waals surface area contributed by atoms with Gasteiger partial charge in [-0.15, -0.1) is 0 Å². The first-order valence-corrected chi connectivity index (χ1v) is 7.36. The maximum Gasteiger partial charge on any atom is 0.142 e. The molecule has 3 rings (SSSR count). The monoisotopic (exact) mass is 284 g/mol. The number of benzene rings is 2. The highest BCUT2D eigenvalue weighted by atomic mass is 16.3. The minimum Gasteiger partial charge on any atom is -0.508 e. The van der Waals surface area contributed by atoms with Crippen molar-refractivity contribution in [2.75, 3.05) is 23.3 Å². The smallest absolute Gasteiger partial charge is 0.142 e. The largest absolute Gasteiger partial charge is 0.508 e. The summed E-state index contributed by atoms with van der Waals surface area (Å²) in [5.74, 6) is 0.0913. The van der Waals surface area contributed by atoms with E-state index in [0.29, 0.717) is 5.69 Å². The van der Waals surface area contributed by atoms with Crippen LogP contribution in [0.25, 0.3) is 0 Å². The molecule has 21 heavy (non-hydrogen) atoms. The van der Waals surface area contributed by atoms with Crippen molar-refractivity contribution in [2.24, 2.45) is 0 Å². The molecule has 0 amide bonds. The molecule has 1 heterocycles. The topological polar surface area (TPSA) is 55.7 Å². The molecule has 0 saturated carbocycles. The molecule has 1 aliphatic rings. The Morgan fingerprint density at radius 1 is 0.857 bits per heavy atom. The van der Waals surface area contributed by atoms with E-state index in [-0.39, 0.29) is 11.5 Å². The van der Waals surface area contributed by atoms with E-state index < -0.39 is 0 Å². The highest BCUT2D eigenvalue weighted by Gasteiger charge is 2.10. The Kier molecular flexibility index (Phi) is 3.86. The number of anilines is 3. The van der Waals surface area contributed by atoms with Crippen molar-refractivity contribution in [2.45, 2.75) is 19.3 Å². The number of hydrogen-bond acceptors (Lipinski definition) is 4. The fourth-order valence-corrected chi connectivity index (χ4v) is 2.69. The molecule has 1 saturated heterocycles. The molecule has 4 nitrogen and oxygen atoms in total. The second kappa shape index (κ2) is 5.95. The molecule has 2 aromatic rings. The number of nitrogens with zero attached hydrogens (tertiary/aromatic N) is 1. The molecule has 0 unspecified atom stereocenters. The number of rotatable bonds is 3. The second-order valence-corrected chi connectivity index (χ2v) is 5.42. The van der Waals surface area contributed by atoms with Crippen LogP contribution in [-0.4, -0.2) is 23.3 Å². The van der Waals surface area contributed by atoms with Gasteiger partial charge >= 0.3 is 0 Å². The van der Waals surface area contributed by atoms with Crippen LogP contribution in [0.5, 0.6) is 11.5 Å². The van der Waals surface area contributed by atoms with Crippen LogP contribution in [0, 0.1) is 0 Å². The van der Waals surface area contributed by atoms with Crippen molar-refractivity contribution in [3.63, 3.8) is 0 Å². The average molecular weight is 284 g/mol. The van der Waals surface area contributed by atoms with Crippen molar-refractivity contribution < 1.29 is 10.2 Å². The first-order valence-electron chi connectivity index (χ1n) is 7.36. The second-order valence-electron chi connectivity index (χ2n) is 5.42. The van der Waals surface area contributed by atoms with Crippen LogP contribution in [0.2, 0.25) is 0 Å². The lowest BCUT2D eigenvalue weighted by Gasteiger charge is -2.28. The Morgan fingerprint density at radius 2 is 1.57 bits per heavy atom. The van der Waals surface area contributed by atoms with E-state index in [2.05, 4.69) is 22.3 Å². The molecule has 0 spiro atoms. The van der Waals surface area contributed by atoms with E-state index >= 15 is 0 Å². The minimum absolute atomic E-state index is 0.0371. The van der Waals surface area contributed by atoms with Gasteiger partial charge in [-0.3, -0.25) is 0 Å². The zero-order valence-electron chi connectivity index (χ0n) is 11.9. The number of phenolic OH excluding ortho intramolecular Hbond substituents is 2. The van der Waals surface area contributed by atoms with Gasteiger partial charge in [0.1, 0.15) is 11.5 Å². The molecule has 2 aromatic carbocycles. The van der Waals surface area contributed by atoms with E-state index in [1.807, 2.05) is 12.1 Å². The van der Waals surface area contributed by atoms with Crippen LogP contribution in [-0.2, 0) is 0 Å². The van der Waals surface area contributed by atoms with Crippen molar-refractivity contribution in [3.8, 4) is 11.5 Å². The normalized spacial score (nSPS) is 15.0. The van der Waals surface area contributed by atoms with Crippen LogP contribution in [0.1, 0.15) is 19.3 Å². The third-order valence-electron chi connectivity index (χ3n) is 3.85. The molecule has 1 aliphatic heterocycles. The van der Waals surface area contributed by atoms with Crippen molar-refractivity contribution in [3.05, 3.63) is 42.5 Å². The predicted molar refractivity (Wildman–Crippen MR) is 85.6 cm³/mol. The standard InChI is InChI=1S/C17H20N2O2/c20-15-8-9-16(17(21)12-15)18-13-4-6-14(7-5-13)19-10-2-1-3-11-19/h4-9,12,18,20-21H,1-3,10-11H2. The maximum atomic E-state index is 9.78. The van der Waals surface area contributed by atoms with Crippen LogP contribution in [0.15, 0.2) is 42.5 Å². The van der Waals surface area contributed by atoms with Crippen LogP contribution >= 0.6 is 0 Å². The summed E-state index contributed by atoms with van der Waals surface area (Å²) in [7, 11) is 0. The Hall–Kier alpha value is -2.36. The van der Waals surface area contributed by atoms with Gasteiger partial charge in [0, 0.05) is 30.5 Å². The number of phenols is 2. The van der Waals surface area contributed by atoms with E-state index in [0.717, 1.165) is 18.8 Å². The van der Waals surface area contributed by atoms with E-state index in [1.165, 1.54) is 31.0 Å². The van der Waals surface area contributed by atoms with Gasteiger partial charge in [-0.05, 0) is 55.7 Å². The van der Waals surface area contributed by atoms with Gasteiger partial charge in [0.2, 0.25) is 0 Å². The lowest BCUT2D eigenvalue weighted by molar-refractivity contribution is 0.452. The summed E-state index contributed by atoms with van der Waals surface area (Å²) in [5.41, 5.74) is 2.74. The Balaban J connectivity index is 1.71. The molecular formula is C17H20N2O2. The summed E-state index contributed by atoms with van der Waals surface area (Å²) < 4.78 is 0. The fraction of sp³-hybridized carbons (Fsp3) is 0.294. The molecule has 4 heteroatoms. The van der Waals surface area contributed by atoms with Crippen molar-refractivity contribution in [1.29, 1.82) is 0 Å². The van der Waals surface area contributed by atoms with Gasteiger partial charge in [0.25, 0.3) is 0 Å². The highest BCUT2D eigenvalue weighted by molar-refractivity contribution is 5.68. The van der Waals surface area contributed by atoms with Gasteiger partial charge in [-0.25, -0.2) is 0 Å². The summed E-state index contributed by atoms with van der Waals surface area (Å²) in [6.45, 7) is 2.26. The third-order valence-corrected chi connectivity index (χ3v) is 3.85. The Labute approximate surface area is 124 Å². The van der Waals surface area contributed by atoms with Gasteiger partial charge in [-0.2, -0.15) is 0 Å². The zero-order chi connectivity index (χ0) is 14.7. The van der Waals surface area contributed by atoms with Gasteiger partial charge < -0.3 is 20.4 Å². The number of hydrogen-bond donors (Lipinski definition) is 3. The first kappa shape index (κ1) is 13.6. The molecule has 1 fully saturated rings. The van der Waals surface area contributed by atoms with E-state index in [9.17, 15) is 10.2 Å². The summed E-state index contributed by atoms with van der Waals surface area (Å²) >= 11 is 0. The van der Waals surface area contributed by atoms with Crippen molar-refractivity contribution >= 4 is 17.1 Å². The number of piperidine rings is 1. The molecule has 0 aliphatic carbocycles. The van der Waals surface area contributed by atoms with Gasteiger partial charge in [0.05, 0.1) is 5.69 Å². The van der Waals surface area contributed by atoms with E-state index in [4.69, 9.17) is 0 Å². The minimum atomic E-state index is 0.0371. The van der Waals surface area contributed by atoms with E-state index in [1.54, 1.807) is 12.1 Å². The van der Waals surface area contributed by atoms with Crippen LogP contribution in [0.3, 0.4) is 0 Å². The first-order chi connectivity index (χ1) is 10.2. The lowest BCUT2D eigenvalue weighted by Crippen LogP contribution is -2.29. The molecule has 0 atom stereocenters. The lowest BCUT2D eigenvalue weighted by atomic mass is 10.1. The summed E-state index contributed by atoms with van der Waals surface area (Å²) in [6.07, 6.45) is 3.86. The molecular weight excluding hydrogens is 264 g/mol. The van der Waals surface area contributed by atoms with Gasteiger partial charge in [0.15, 0.2) is 0 Å². The molecule has 3 N–H and O–H groups in total. The third kappa shape index (κ3) is 3.21. The summed E-state index contributed by atoms with van der Waals surface area (Å²) in [6, 6.07) is 12.8. The van der Waals surface area contributed by atoms with Crippen LogP contribution < -0.4 is 10.2 Å². The van der Waals surface area contributed by atoms with Crippen molar-refractivity contribution in [1.82, 2.24) is 0 Å². The Bertz CT molecular complexity index is 605. The Morgan fingerprint density at radius 3 is 2.24 bits per heavy atom. The zero-order valence-corrected chi connectivity index (χ0v) is 11.9. The average Bonchev–Trinajstić information content (AvgIpc) is 2.52. The summed E-state index contributed by atoms with van der Waals surface area (Å²) in [5, 5.41) is 22.2. The quantitative estimate of drug-likeness (QED) is 0.592. The number of aromatic hydroxyl groups is 2. The molecule has 0 radical (unpaired) electrons. The van der Waals surface area contributed by atoms with Gasteiger partial charge in [-0.1, -0.05) is 0 Å². The summed E-state index contributed by atoms with van der Waals surface area (Å²) in [4.78, 5) is 2.41.